The van der Waals surface area contributed by atoms with Crippen LogP contribution in [0.5, 0.6) is 0 Å². The maximum absolute atomic E-state index is 11.6. The number of carbonyl (C=O) groups is 1. The van der Waals surface area contributed by atoms with E-state index in [4.69, 9.17) is 5.73 Å². The zero-order valence-corrected chi connectivity index (χ0v) is 14.0. The van der Waals surface area contributed by atoms with Crippen molar-refractivity contribution in [2.75, 3.05) is 12.3 Å². The topological polar surface area (TPSA) is 80.9 Å². The third kappa shape index (κ3) is 6.44. The number of unbranched alkanes of at least 4 members (excludes halogenated alkanes) is 1. The summed E-state index contributed by atoms with van der Waals surface area (Å²) in [6, 6.07) is 1.89. The summed E-state index contributed by atoms with van der Waals surface area (Å²) in [5, 5.41) is 4.07. The lowest BCUT2D eigenvalue weighted by molar-refractivity contribution is -0.124. The highest BCUT2D eigenvalue weighted by Gasteiger charge is 2.29. The number of nitrogens with one attached hydrogen (secondary N) is 1. The van der Waals surface area contributed by atoms with E-state index in [1.54, 1.807) is 18.0 Å². The quantitative estimate of drug-likeness (QED) is 0.394. The van der Waals surface area contributed by atoms with Crippen molar-refractivity contribution in [3.8, 4) is 0 Å². The van der Waals surface area contributed by atoms with Gasteiger partial charge >= 0.3 is 0 Å². The van der Waals surface area contributed by atoms with Crippen LogP contribution in [-0.4, -0.2) is 33.7 Å². The molecule has 0 aliphatic carbocycles. The van der Waals surface area contributed by atoms with Gasteiger partial charge in [0.05, 0.1) is 5.54 Å². The van der Waals surface area contributed by atoms with E-state index in [0.29, 0.717) is 0 Å². The van der Waals surface area contributed by atoms with Crippen LogP contribution in [0.4, 0.5) is 0 Å². The van der Waals surface area contributed by atoms with Crippen molar-refractivity contribution in [1.82, 2.24) is 15.3 Å². The first-order valence-electron chi connectivity index (χ1n) is 7.45. The first kappa shape index (κ1) is 17.9. The number of hydrogen-bond donors (Lipinski definition) is 2. The van der Waals surface area contributed by atoms with Gasteiger partial charge in [-0.1, -0.05) is 25.1 Å². The lowest BCUT2D eigenvalue weighted by Gasteiger charge is -2.27. The maximum atomic E-state index is 11.6. The summed E-state index contributed by atoms with van der Waals surface area (Å²) in [5.74, 6) is 0.678. The zero-order chi connectivity index (χ0) is 15.7. The van der Waals surface area contributed by atoms with Crippen molar-refractivity contribution in [2.45, 2.75) is 57.1 Å². The predicted octanol–water partition coefficient (Wildman–Crippen LogP) is 2.29. The van der Waals surface area contributed by atoms with Crippen LogP contribution in [0.2, 0.25) is 0 Å². The van der Waals surface area contributed by atoms with Crippen LogP contribution in [0.15, 0.2) is 17.4 Å². The summed E-state index contributed by atoms with van der Waals surface area (Å²) in [6.45, 7) is 6.74. The van der Waals surface area contributed by atoms with E-state index in [1.807, 2.05) is 19.9 Å². The molecule has 0 bridgehead atoms. The third-order valence-corrected chi connectivity index (χ3v) is 4.33. The number of hydrogen-bond acceptors (Lipinski definition) is 5. The highest BCUT2D eigenvalue weighted by atomic mass is 32.2. The fourth-order valence-electron chi connectivity index (χ4n) is 1.94. The number of primary amides is 1. The molecule has 1 aromatic heterocycles. The molecule has 3 N–H and O–H groups in total. The van der Waals surface area contributed by atoms with Crippen LogP contribution in [-0.2, 0) is 4.79 Å². The van der Waals surface area contributed by atoms with Crippen LogP contribution in [0.1, 0.15) is 45.2 Å². The van der Waals surface area contributed by atoms with Gasteiger partial charge in [0, 0.05) is 17.6 Å². The normalized spacial score (nSPS) is 13.9. The van der Waals surface area contributed by atoms with Gasteiger partial charge in [0.2, 0.25) is 5.91 Å². The second-order valence-corrected chi connectivity index (χ2v) is 6.47. The van der Waals surface area contributed by atoms with Crippen molar-refractivity contribution in [2.24, 2.45) is 5.73 Å². The Hall–Kier alpha value is -1.14. The van der Waals surface area contributed by atoms with Gasteiger partial charge in [-0.3, -0.25) is 4.79 Å². The SMILES string of the molecule is CCCNC(C)(CCCCSc1nccc(C)n1)C(N)=O. The second-order valence-electron chi connectivity index (χ2n) is 5.41. The smallest absolute Gasteiger partial charge is 0.237 e. The molecule has 0 saturated carbocycles. The highest BCUT2D eigenvalue weighted by molar-refractivity contribution is 7.99. The van der Waals surface area contributed by atoms with Gasteiger partial charge in [-0.05, 0) is 45.7 Å². The third-order valence-electron chi connectivity index (χ3n) is 3.38. The lowest BCUT2D eigenvalue weighted by atomic mass is 9.94. The van der Waals surface area contributed by atoms with Crippen LogP contribution in [0.3, 0.4) is 0 Å². The Kier molecular flexibility index (Phi) is 7.67. The summed E-state index contributed by atoms with van der Waals surface area (Å²) >= 11 is 1.65. The second kappa shape index (κ2) is 9.00. The van der Waals surface area contributed by atoms with Crippen molar-refractivity contribution >= 4 is 17.7 Å². The Morgan fingerprint density at radius 2 is 2.24 bits per heavy atom. The number of carbonyl (C=O) groups excluding carboxylic acids is 1. The molecule has 0 fully saturated rings. The van der Waals surface area contributed by atoms with Crippen molar-refractivity contribution in [3.05, 3.63) is 18.0 Å². The number of nitrogens with zero attached hydrogens (tertiary/aromatic N) is 2. The van der Waals surface area contributed by atoms with Crippen molar-refractivity contribution in [3.63, 3.8) is 0 Å². The minimum absolute atomic E-state index is 0.273. The summed E-state index contributed by atoms with van der Waals surface area (Å²) < 4.78 is 0. The molecule has 0 saturated heterocycles. The maximum Gasteiger partial charge on any atom is 0.237 e. The van der Waals surface area contributed by atoms with Gasteiger partial charge in [-0.15, -0.1) is 0 Å². The number of amides is 1. The fraction of sp³-hybridized carbons (Fsp3) is 0.667. The molecule has 1 amide bonds. The van der Waals surface area contributed by atoms with E-state index in [9.17, 15) is 4.79 Å². The first-order valence-corrected chi connectivity index (χ1v) is 8.44. The summed E-state index contributed by atoms with van der Waals surface area (Å²) in [6.07, 6.45) is 5.50. The molecular weight excluding hydrogens is 284 g/mol. The van der Waals surface area contributed by atoms with Gasteiger partial charge in [0.1, 0.15) is 0 Å². The van der Waals surface area contributed by atoms with Gasteiger partial charge in [0.15, 0.2) is 5.16 Å². The van der Waals surface area contributed by atoms with Gasteiger partial charge < -0.3 is 11.1 Å². The van der Waals surface area contributed by atoms with Crippen LogP contribution < -0.4 is 11.1 Å². The molecule has 21 heavy (non-hydrogen) atoms. The van der Waals surface area contributed by atoms with Gasteiger partial charge in [-0.2, -0.15) is 0 Å². The average molecular weight is 310 g/mol. The van der Waals surface area contributed by atoms with E-state index in [1.165, 1.54) is 0 Å². The average Bonchev–Trinajstić information content (AvgIpc) is 2.44. The monoisotopic (exact) mass is 310 g/mol. The molecule has 0 radical (unpaired) electrons. The lowest BCUT2D eigenvalue weighted by Crippen LogP contribution is -2.53. The fourth-order valence-corrected chi connectivity index (χ4v) is 2.81. The van der Waals surface area contributed by atoms with Crippen LogP contribution in [0.25, 0.3) is 0 Å². The number of aryl methyl sites for hydroxylation is 1. The van der Waals surface area contributed by atoms with Crippen molar-refractivity contribution in [1.29, 1.82) is 0 Å². The molecule has 0 spiro atoms. The van der Waals surface area contributed by atoms with E-state index in [0.717, 1.165) is 48.8 Å². The molecule has 0 aliphatic rings. The van der Waals surface area contributed by atoms with Crippen LogP contribution in [0, 0.1) is 6.92 Å². The van der Waals surface area contributed by atoms with E-state index in [2.05, 4.69) is 22.2 Å². The Morgan fingerprint density at radius 3 is 2.86 bits per heavy atom. The Bertz CT molecular complexity index is 455. The summed E-state index contributed by atoms with van der Waals surface area (Å²) in [7, 11) is 0. The number of nitrogens with two attached hydrogens (primary N) is 1. The molecule has 5 nitrogen and oxygen atoms in total. The minimum atomic E-state index is -0.597. The molecule has 1 atom stereocenters. The number of rotatable bonds is 10. The largest absolute Gasteiger partial charge is 0.368 e. The Labute approximate surface area is 131 Å². The van der Waals surface area contributed by atoms with Crippen LogP contribution >= 0.6 is 11.8 Å². The van der Waals surface area contributed by atoms with E-state index < -0.39 is 5.54 Å². The molecule has 1 unspecified atom stereocenters. The van der Waals surface area contributed by atoms with Crippen molar-refractivity contribution < 1.29 is 4.79 Å². The first-order chi connectivity index (χ1) is 9.98. The summed E-state index contributed by atoms with van der Waals surface area (Å²) in [4.78, 5) is 20.2. The van der Waals surface area contributed by atoms with Gasteiger partial charge in [0.25, 0.3) is 0 Å². The molecule has 1 aromatic rings. The molecule has 6 heteroatoms. The molecule has 0 aromatic carbocycles. The Morgan fingerprint density at radius 1 is 1.48 bits per heavy atom. The zero-order valence-electron chi connectivity index (χ0n) is 13.2. The molecule has 1 rings (SSSR count). The Balaban J connectivity index is 2.30. The van der Waals surface area contributed by atoms with E-state index >= 15 is 0 Å². The standard InChI is InChI=1S/C15H26N4OS/c1-4-9-18-15(3,13(16)20)8-5-6-11-21-14-17-10-7-12(2)19-14/h7,10,18H,4-6,8-9,11H2,1-3H3,(H2,16,20). The van der Waals surface area contributed by atoms with E-state index in [-0.39, 0.29) is 5.91 Å². The highest BCUT2D eigenvalue weighted by Crippen LogP contribution is 2.18. The predicted molar refractivity (Wildman–Crippen MR) is 87.2 cm³/mol. The summed E-state index contributed by atoms with van der Waals surface area (Å²) in [5.41, 5.74) is 5.89. The molecule has 0 aliphatic heterocycles. The molecular formula is C15H26N4OS. The molecule has 1 heterocycles. The number of thioether (sulfide) groups is 1. The molecule has 118 valence electrons. The van der Waals surface area contributed by atoms with Gasteiger partial charge in [-0.25, -0.2) is 9.97 Å². The minimum Gasteiger partial charge on any atom is -0.368 e. The number of aromatic nitrogens is 2.